The smallest absolute Gasteiger partial charge is 0.123 e. The van der Waals surface area contributed by atoms with Crippen molar-refractivity contribution in [3.8, 4) is 5.75 Å². The minimum atomic E-state index is -0.00859. The van der Waals surface area contributed by atoms with Crippen molar-refractivity contribution in [3.05, 3.63) is 29.3 Å². The van der Waals surface area contributed by atoms with E-state index in [-0.39, 0.29) is 10.8 Å². The van der Waals surface area contributed by atoms with Crippen LogP contribution in [0.5, 0.6) is 5.75 Å². The van der Waals surface area contributed by atoms with Crippen molar-refractivity contribution in [2.75, 3.05) is 11.5 Å². The van der Waals surface area contributed by atoms with Crippen LogP contribution in [-0.2, 0) is 10.8 Å². The molecule has 1 aromatic rings. The molecule has 1 aliphatic heterocycles. The van der Waals surface area contributed by atoms with Gasteiger partial charge in [0.15, 0.2) is 0 Å². The Bertz CT molecular complexity index is 413. The van der Waals surface area contributed by atoms with Crippen LogP contribution >= 0.6 is 21.6 Å². The number of hydrogen-bond donors (Lipinski definition) is 1. The molecular weight excluding hydrogens is 320 g/mol. The number of phenolic OH excluding ortho intramolecular Hbond substituents is 1. The van der Waals surface area contributed by atoms with E-state index in [1.54, 1.807) is 0 Å². The number of rotatable bonds is 0. The highest BCUT2D eigenvalue weighted by Crippen LogP contribution is 2.38. The lowest BCUT2D eigenvalue weighted by Crippen LogP contribution is -2.16. The van der Waals surface area contributed by atoms with Crippen molar-refractivity contribution in [2.24, 2.45) is 0 Å². The van der Waals surface area contributed by atoms with Gasteiger partial charge in [-0.2, -0.15) is 0 Å². The Morgan fingerprint density at radius 2 is 1.13 bits per heavy atom. The number of aromatic hydroxyl groups is 1. The van der Waals surface area contributed by atoms with Crippen LogP contribution in [0.4, 0.5) is 0 Å². The van der Waals surface area contributed by atoms with Gasteiger partial charge in [-0.05, 0) is 34.8 Å². The highest BCUT2D eigenvalue weighted by atomic mass is 33.1. The maximum Gasteiger partial charge on any atom is 0.123 e. The molecule has 0 saturated carbocycles. The third-order valence-corrected chi connectivity index (χ3v) is 6.52. The standard InChI is InChI=1S/C14H22O.C6H12S2/c1-13(2,3)10-8-7-9-11(12(10)15)14(4,5)6;1-2-4-6-8-7-5-3-1/h7-9,15H,1-6H3;1-6H2. The molecule has 0 aromatic heterocycles. The van der Waals surface area contributed by atoms with E-state index in [4.69, 9.17) is 0 Å². The van der Waals surface area contributed by atoms with Gasteiger partial charge in [0.25, 0.3) is 0 Å². The Kier molecular flexibility index (Phi) is 8.37. The minimum absolute atomic E-state index is 0.00859. The fourth-order valence-electron chi connectivity index (χ4n) is 2.55. The molecule has 2 rings (SSSR count). The summed E-state index contributed by atoms with van der Waals surface area (Å²) in [5.74, 6) is 3.22. The van der Waals surface area contributed by atoms with Gasteiger partial charge in [0.2, 0.25) is 0 Å². The average Bonchev–Trinajstić information content (AvgIpc) is 2.35. The first-order valence-corrected chi connectivity index (χ1v) is 11.2. The fraction of sp³-hybridized carbons (Fsp3) is 0.700. The summed E-state index contributed by atoms with van der Waals surface area (Å²) in [4.78, 5) is 0. The maximum atomic E-state index is 10.3. The van der Waals surface area contributed by atoms with Crippen LogP contribution in [0.2, 0.25) is 0 Å². The molecule has 3 heteroatoms. The van der Waals surface area contributed by atoms with Gasteiger partial charge in [0.05, 0.1) is 0 Å². The third kappa shape index (κ3) is 7.43. The molecule has 0 bridgehead atoms. The van der Waals surface area contributed by atoms with Gasteiger partial charge < -0.3 is 5.11 Å². The van der Waals surface area contributed by atoms with E-state index in [0.29, 0.717) is 5.75 Å². The molecule has 1 nitrogen and oxygen atoms in total. The highest BCUT2D eigenvalue weighted by molar-refractivity contribution is 8.76. The first kappa shape index (κ1) is 20.8. The Labute approximate surface area is 151 Å². The van der Waals surface area contributed by atoms with E-state index in [1.165, 1.54) is 37.2 Å². The van der Waals surface area contributed by atoms with Crippen LogP contribution in [0.1, 0.15) is 78.4 Å². The Morgan fingerprint density at radius 1 is 0.739 bits per heavy atom. The molecule has 1 heterocycles. The molecule has 0 amide bonds. The molecule has 23 heavy (non-hydrogen) atoms. The van der Waals surface area contributed by atoms with Crippen LogP contribution < -0.4 is 0 Å². The molecule has 0 aliphatic carbocycles. The largest absolute Gasteiger partial charge is 0.507 e. The minimum Gasteiger partial charge on any atom is -0.507 e. The zero-order valence-corrected chi connectivity index (χ0v) is 17.4. The second-order valence-electron chi connectivity index (χ2n) is 8.26. The number of phenols is 1. The quantitative estimate of drug-likeness (QED) is 0.510. The van der Waals surface area contributed by atoms with E-state index >= 15 is 0 Å². The predicted octanol–water partition coefficient (Wildman–Crippen LogP) is 6.93. The van der Waals surface area contributed by atoms with E-state index in [0.717, 1.165) is 11.1 Å². The van der Waals surface area contributed by atoms with Crippen molar-refractivity contribution in [1.29, 1.82) is 0 Å². The fourth-order valence-corrected chi connectivity index (χ4v) is 4.84. The van der Waals surface area contributed by atoms with Crippen LogP contribution in [-0.4, -0.2) is 16.6 Å². The van der Waals surface area contributed by atoms with Crippen molar-refractivity contribution < 1.29 is 5.11 Å². The van der Waals surface area contributed by atoms with E-state index in [2.05, 4.69) is 41.5 Å². The SMILES string of the molecule is C1CCCSSCC1.CC(C)(C)c1cccc(C(C)(C)C)c1O. The molecule has 0 atom stereocenters. The second-order valence-corrected chi connectivity index (χ2v) is 11.0. The normalized spacial score (nSPS) is 16.8. The summed E-state index contributed by atoms with van der Waals surface area (Å²) in [5.41, 5.74) is 2.03. The zero-order valence-electron chi connectivity index (χ0n) is 15.7. The summed E-state index contributed by atoms with van der Waals surface area (Å²) in [6.07, 6.45) is 5.82. The summed E-state index contributed by atoms with van der Waals surface area (Å²) in [6.45, 7) is 12.7. The molecule has 0 radical (unpaired) electrons. The van der Waals surface area contributed by atoms with Gasteiger partial charge in [-0.25, -0.2) is 0 Å². The highest BCUT2D eigenvalue weighted by Gasteiger charge is 2.24. The summed E-state index contributed by atoms with van der Waals surface area (Å²) in [7, 11) is 4.09. The predicted molar refractivity (Wildman–Crippen MR) is 109 cm³/mol. The van der Waals surface area contributed by atoms with Gasteiger partial charge in [-0.1, -0.05) is 94.2 Å². The van der Waals surface area contributed by atoms with Crippen LogP contribution in [0.3, 0.4) is 0 Å². The first-order valence-electron chi connectivity index (χ1n) is 8.71. The third-order valence-electron chi connectivity index (χ3n) is 3.94. The number of benzene rings is 1. The van der Waals surface area contributed by atoms with Crippen molar-refractivity contribution in [2.45, 2.75) is 78.1 Å². The van der Waals surface area contributed by atoms with Crippen LogP contribution in [0.25, 0.3) is 0 Å². The molecule has 1 aliphatic rings. The van der Waals surface area contributed by atoms with E-state index < -0.39 is 0 Å². The topological polar surface area (TPSA) is 20.2 Å². The lowest BCUT2D eigenvalue weighted by atomic mass is 9.80. The summed E-state index contributed by atoms with van der Waals surface area (Å²) >= 11 is 0. The summed E-state index contributed by atoms with van der Waals surface area (Å²) < 4.78 is 0. The molecular formula is C20H34OS2. The summed E-state index contributed by atoms with van der Waals surface area (Å²) in [6, 6.07) is 6.04. The molecule has 132 valence electrons. The zero-order chi connectivity index (χ0) is 17.5. The average molecular weight is 355 g/mol. The number of hydrogen-bond acceptors (Lipinski definition) is 3. The second kappa shape index (κ2) is 9.27. The lowest BCUT2D eigenvalue weighted by molar-refractivity contribution is 0.423. The van der Waals surface area contributed by atoms with Crippen LogP contribution in [0, 0.1) is 0 Å². The van der Waals surface area contributed by atoms with Gasteiger partial charge in [-0.15, -0.1) is 0 Å². The van der Waals surface area contributed by atoms with Gasteiger partial charge >= 0.3 is 0 Å². The van der Waals surface area contributed by atoms with Gasteiger partial charge in [-0.3, -0.25) is 0 Å². The maximum absolute atomic E-state index is 10.3. The molecule has 0 spiro atoms. The van der Waals surface area contributed by atoms with Gasteiger partial charge in [0.1, 0.15) is 5.75 Å². The molecule has 1 N–H and O–H groups in total. The van der Waals surface area contributed by atoms with E-state index in [9.17, 15) is 5.11 Å². The molecule has 1 fully saturated rings. The Balaban J connectivity index is 0.000000277. The van der Waals surface area contributed by atoms with Gasteiger partial charge in [0, 0.05) is 11.5 Å². The molecule has 1 saturated heterocycles. The number of para-hydroxylation sites is 1. The molecule has 0 unspecified atom stereocenters. The first-order chi connectivity index (χ1) is 10.6. The monoisotopic (exact) mass is 354 g/mol. The lowest BCUT2D eigenvalue weighted by Gasteiger charge is -2.26. The Hall–Kier alpha value is -0.280. The van der Waals surface area contributed by atoms with E-state index in [1.807, 2.05) is 39.8 Å². The Morgan fingerprint density at radius 3 is 1.48 bits per heavy atom. The van der Waals surface area contributed by atoms with Crippen molar-refractivity contribution >= 4 is 21.6 Å². The summed E-state index contributed by atoms with van der Waals surface area (Å²) in [5, 5.41) is 10.3. The van der Waals surface area contributed by atoms with Crippen LogP contribution in [0.15, 0.2) is 18.2 Å². The molecule has 1 aromatic carbocycles. The van der Waals surface area contributed by atoms with Crippen molar-refractivity contribution in [1.82, 2.24) is 0 Å². The van der Waals surface area contributed by atoms with Crippen molar-refractivity contribution in [3.63, 3.8) is 0 Å².